The summed E-state index contributed by atoms with van der Waals surface area (Å²) in [4.78, 5) is 5.89. The topological polar surface area (TPSA) is 0 Å². The van der Waals surface area contributed by atoms with Crippen molar-refractivity contribution in [3.8, 4) is 0 Å². The van der Waals surface area contributed by atoms with Crippen LogP contribution in [0.15, 0.2) is 98.4 Å². The lowest BCUT2D eigenvalue weighted by Gasteiger charge is -2.19. The van der Waals surface area contributed by atoms with Gasteiger partial charge in [-0.2, -0.15) is 0 Å². The van der Waals surface area contributed by atoms with Crippen LogP contribution in [0.3, 0.4) is 0 Å². The van der Waals surface area contributed by atoms with Crippen LogP contribution in [0.2, 0.25) is 0 Å². The van der Waals surface area contributed by atoms with Gasteiger partial charge in [0.25, 0.3) is 0 Å². The molecular weight excluding hydrogens is 304 g/mol. The second kappa shape index (κ2) is 6.23. The Labute approximate surface area is 138 Å². The van der Waals surface area contributed by atoms with Gasteiger partial charge in [-0.05, 0) is 29.8 Å². The molecule has 0 unspecified atom stereocenters. The average Bonchev–Trinajstić information content (AvgIpc) is 2.59. The Morgan fingerprint density at radius 3 is 1.82 bits per heavy atom. The molecule has 0 saturated carbocycles. The fourth-order valence-corrected chi connectivity index (χ4v) is 6.74. The molecule has 0 bridgehead atoms. The van der Waals surface area contributed by atoms with Gasteiger partial charge in [-0.15, -0.1) is 0 Å². The maximum atomic E-state index is 2.31. The van der Waals surface area contributed by atoms with Crippen molar-refractivity contribution in [3.63, 3.8) is 0 Å². The zero-order valence-electron chi connectivity index (χ0n) is 12.2. The zero-order valence-corrected chi connectivity index (χ0v) is 13.9. The number of benzene rings is 3. The molecule has 3 aromatic carbocycles. The molecule has 0 atom stereocenters. The first-order valence-electron chi connectivity index (χ1n) is 7.52. The van der Waals surface area contributed by atoms with Crippen molar-refractivity contribution in [2.45, 2.75) is 26.0 Å². The van der Waals surface area contributed by atoms with Crippen LogP contribution in [0, 0.1) is 0 Å². The zero-order chi connectivity index (χ0) is 14.8. The SMILES string of the molecule is c1ccc(CC[S+]2c3ccccc3Sc3ccccc32)cc1. The van der Waals surface area contributed by atoms with Gasteiger partial charge in [0.05, 0.1) is 20.7 Å². The van der Waals surface area contributed by atoms with Crippen LogP contribution in [-0.4, -0.2) is 5.75 Å². The summed E-state index contributed by atoms with van der Waals surface area (Å²) >= 11 is 1.91. The fraction of sp³-hybridized carbons (Fsp3) is 0.100. The second-order valence-corrected chi connectivity index (χ2v) is 8.48. The lowest BCUT2D eigenvalue weighted by atomic mass is 10.2. The minimum atomic E-state index is 0.184. The highest BCUT2D eigenvalue weighted by Crippen LogP contribution is 2.45. The first-order chi connectivity index (χ1) is 10.9. The molecule has 2 heteroatoms. The van der Waals surface area contributed by atoms with E-state index in [2.05, 4.69) is 78.9 Å². The number of fused-ring (bicyclic) bond motifs is 2. The quantitative estimate of drug-likeness (QED) is 0.580. The molecule has 0 aromatic heterocycles. The third-order valence-electron chi connectivity index (χ3n) is 3.89. The number of aryl methyl sites for hydroxylation is 1. The molecule has 0 N–H and O–H groups in total. The van der Waals surface area contributed by atoms with Crippen LogP contribution in [0.5, 0.6) is 0 Å². The maximum Gasteiger partial charge on any atom is 0.174 e. The van der Waals surface area contributed by atoms with E-state index in [0.29, 0.717) is 0 Å². The van der Waals surface area contributed by atoms with Crippen LogP contribution >= 0.6 is 11.8 Å². The predicted octanol–water partition coefficient (Wildman–Crippen LogP) is 5.43. The molecule has 0 fully saturated rings. The van der Waals surface area contributed by atoms with Gasteiger partial charge < -0.3 is 0 Å². The van der Waals surface area contributed by atoms with Crippen LogP contribution < -0.4 is 0 Å². The van der Waals surface area contributed by atoms with Crippen molar-refractivity contribution >= 4 is 22.7 Å². The molecule has 4 rings (SSSR count). The van der Waals surface area contributed by atoms with E-state index in [0.717, 1.165) is 6.42 Å². The van der Waals surface area contributed by atoms with E-state index in [4.69, 9.17) is 0 Å². The highest BCUT2D eigenvalue weighted by molar-refractivity contribution is 8.04. The predicted molar refractivity (Wildman–Crippen MR) is 95.9 cm³/mol. The van der Waals surface area contributed by atoms with Gasteiger partial charge in [-0.25, -0.2) is 0 Å². The molecule has 1 aliphatic heterocycles. The monoisotopic (exact) mass is 321 g/mol. The summed E-state index contributed by atoms with van der Waals surface area (Å²) in [6.45, 7) is 0. The van der Waals surface area contributed by atoms with Crippen molar-refractivity contribution in [1.82, 2.24) is 0 Å². The summed E-state index contributed by atoms with van der Waals surface area (Å²) < 4.78 is 0. The molecule has 0 amide bonds. The Morgan fingerprint density at radius 2 is 1.18 bits per heavy atom. The Balaban J connectivity index is 1.69. The van der Waals surface area contributed by atoms with Gasteiger partial charge in [0, 0.05) is 6.42 Å². The number of hydrogen-bond acceptors (Lipinski definition) is 1. The van der Waals surface area contributed by atoms with Crippen LogP contribution in [0.4, 0.5) is 0 Å². The first kappa shape index (κ1) is 14.0. The standard InChI is InChI=1S/C20H17S2/c1-2-8-16(9-3-1)14-15-22-19-12-6-4-10-17(19)21-18-11-5-7-13-20(18)22/h1-13H,14-15H2/q+1. The Kier molecular flexibility index (Phi) is 3.96. The average molecular weight is 321 g/mol. The van der Waals surface area contributed by atoms with Gasteiger partial charge >= 0.3 is 0 Å². The molecule has 0 nitrogen and oxygen atoms in total. The Hall–Kier alpha value is -1.64. The molecule has 1 heterocycles. The van der Waals surface area contributed by atoms with Gasteiger partial charge in [0.1, 0.15) is 5.75 Å². The van der Waals surface area contributed by atoms with E-state index in [1.54, 1.807) is 0 Å². The van der Waals surface area contributed by atoms with Crippen LogP contribution in [0.25, 0.3) is 0 Å². The summed E-state index contributed by atoms with van der Waals surface area (Å²) in [5.41, 5.74) is 1.43. The van der Waals surface area contributed by atoms with E-state index in [9.17, 15) is 0 Å². The maximum absolute atomic E-state index is 2.31. The largest absolute Gasteiger partial charge is 0.174 e. The van der Waals surface area contributed by atoms with Gasteiger partial charge in [-0.3, -0.25) is 0 Å². The van der Waals surface area contributed by atoms with E-state index in [1.807, 2.05) is 11.8 Å². The van der Waals surface area contributed by atoms with Crippen molar-refractivity contribution in [2.24, 2.45) is 0 Å². The van der Waals surface area contributed by atoms with Crippen molar-refractivity contribution in [2.75, 3.05) is 5.75 Å². The summed E-state index contributed by atoms with van der Waals surface area (Å²) in [6, 6.07) is 28.6. The molecule has 3 aromatic rings. The molecule has 1 aliphatic rings. The van der Waals surface area contributed by atoms with E-state index >= 15 is 0 Å². The number of hydrogen-bond donors (Lipinski definition) is 0. The van der Waals surface area contributed by atoms with Gasteiger partial charge in [0.2, 0.25) is 0 Å². The smallest absolute Gasteiger partial charge is 0.0795 e. The van der Waals surface area contributed by atoms with Gasteiger partial charge in [-0.1, -0.05) is 66.4 Å². The summed E-state index contributed by atoms with van der Waals surface area (Å²) in [6.07, 6.45) is 1.14. The fourth-order valence-electron chi connectivity index (χ4n) is 2.80. The summed E-state index contributed by atoms with van der Waals surface area (Å²) in [7, 11) is 0.184. The third-order valence-corrected chi connectivity index (χ3v) is 7.68. The first-order valence-corrected chi connectivity index (χ1v) is 9.73. The van der Waals surface area contributed by atoms with Crippen molar-refractivity contribution in [1.29, 1.82) is 0 Å². The lowest BCUT2D eigenvalue weighted by Crippen LogP contribution is -2.15. The van der Waals surface area contributed by atoms with Crippen LogP contribution in [0.1, 0.15) is 5.56 Å². The summed E-state index contributed by atoms with van der Waals surface area (Å²) in [5, 5.41) is 0. The summed E-state index contributed by atoms with van der Waals surface area (Å²) in [5.74, 6) is 1.19. The van der Waals surface area contributed by atoms with E-state index in [-0.39, 0.29) is 10.9 Å². The number of rotatable bonds is 3. The van der Waals surface area contributed by atoms with Crippen LogP contribution in [-0.2, 0) is 17.3 Å². The molecule has 108 valence electrons. The highest BCUT2D eigenvalue weighted by Gasteiger charge is 2.34. The van der Waals surface area contributed by atoms with Crippen molar-refractivity contribution in [3.05, 3.63) is 84.4 Å². The third kappa shape index (κ3) is 2.69. The molecule has 0 saturated heterocycles. The minimum Gasteiger partial charge on any atom is -0.0795 e. The Morgan fingerprint density at radius 1 is 0.636 bits per heavy atom. The normalized spacial score (nSPS) is 13.5. The molecule has 0 radical (unpaired) electrons. The van der Waals surface area contributed by atoms with Crippen molar-refractivity contribution < 1.29 is 0 Å². The van der Waals surface area contributed by atoms with E-state index in [1.165, 1.54) is 30.9 Å². The van der Waals surface area contributed by atoms with Gasteiger partial charge in [0.15, 0.2) is 9.79 Å². The molecular formula is C20H17S2+. The minimum absolute atomic E-state index is 0.184. The second-order valence-electron chi connectivity index (χ2n) is 5.33. The van der Waals surface area contributed by atoms with E-state index < -0.39 is 0 Å². The lowest BCUT2D eigenvalue weighted by molar-refractivity contribution is 1.08. The molecule has 0 aliphatic carbocycles. The molecule has 0 spiro atoms. The Bertz CT molecular complexity index is 735. The molecule has 22 heavy (non-hydrogen) atoms. The highest BCUT2D eigenvalue weighted by atomic mass is 32.2.